The summed E-state index contributed by atoms with van der Waals surface area (Å²) in [6.07, 6.45) is 11.0. The van der Waals surface area contributed by atoms with Gasteiger partial charge in [0.05, 0.1) is 6.10 Å². The van der Waals surface area contributed by atoms with E-state index in [9.17, 15) is 9.90 Å². The highest BCUT2D eigenvalue weighted by atomic mass is 16.5. The number of carbonyl (C=O) groups excluding carboxylic acids is 1. The minimum Gasteiger partial charge on any atom is -0.457 e. The van der Waals surface area contributed by atoms with Crippen LogP contribution in [0.4, 0.5) is 5.69 Å². The van der Waals surface area contributed by atoms with Crippen molar-refractivity contribution < 1.29 is 14.6 Å². The minimum atomic E-state index is -0.523. The van der Waals surface area contributed by atoms with Gasteiger partial charge in [0.15, 0.2) is 0 Å². The summed E-state index contributed by atoms with van der Waals surface area (Å²) < 4.78 is 6.13. The molecule has 1 amide bonds. The minimum absolute atomic E-state index is 0.0406. The highest BCUT2D eigenvalue weighted by Crippen LogP contribution is 2.45. The molecule has 212 valence electrons. The van der Waals surface area contributed by atoms with Crippen LogP contribution < -0.4 is 10.1 Å². The van der Waals surface area contributed by atoms with Crippen LogP contribution in [-0.4, -0.2) is 11.0 Å². The molecule has 1 aliphatic carbocycles. The topological polar surface area (TPSA) is 58.6 Å². The van der Waals surface area contributed by atoms with E-state index in [0.717, 1.165) is 58.2 Å². The van der Waals surface area contributed by atoms with Gasteiger partial charge in [-0.1, -0.05) is 121 Å². The Kier molecular flexibility index (Phi) is 8.95. The predicted molar refractivity (Wildman–Crippen MR) is 163 cm³/mol. The third-order valence-electron chi connectivity index (χ3n) is 8.77. The van der Waals surface area contributed by atoms with Gasteiger partial charge in [-0.2, -0.15) is 0 Å². The number of ether oxygens (including phenoxy) is 1. The second-order valence-corrected chi connectivity index (χ2v) is 12.8. The van der Waals surface area contributed by atoms with E-state index in [2.05, 4.69) is 44.3 Å². The summed E-state index contributed by atoms with van der Waals surface area (Å²) in [6.45, 7) is 6.47. The van der Waals surface area contributed by atoms with Crippen LogP contribution in [-0.2, 0) is 10.2 Å². The van der Waals surface area contributed by atoms with Crippen molar-refractivity contribution in [2.75, 3.05) is 5.32 Å². The number of aliphatic hydroxyl groups is 1. The van der Waals surface area contributed by atoms with Crippen molar-refractivity contribution in [2.24, 2.45) is 5.92 Å². The lowest BCUT2D eigenvalue weighted by Crippen LogP contribution is -2.22. The highest BCUT2D eigenvalue weighted by Gasteiger charge is 2.29. The van der Waals surface area contributed by atoms with Crippen molar-refractivity contribution in [3.05, 3.63) is 89.0 Å². The number of para-hydroxylation sites is 2. The Hall–Kier alpha value is -3.11. The number of amides is 1. The smallest absolute Gasteiger partial charge is 0.225 e. The van der Waals surface area contributed by atoms with Gasteiger partial charge in [-0.05, 0) is 47.1 Å². The van der Waals surface area contributed by atoms with Crippen LogP contribution in [0.25, 0.3) is 0 Å². The molecule has 3 aromatic rings. The van der Waals surface area contributed by atoms with E-state index < -0.39 is 6.10 Å². The van der Waals surface area contributed by atoms with Crippen LogP contribution in [0.1, 0.15) is 119 Å². The SMILES string of the molecule is CC(C)(C)c1ccc(C(O)CCCCC2CCCCC2)cc1NC(=O)CC1c2ccccc2Oc2ccccc21. The molecular formula is C36H45NO3. The second kappa shape index (κ2) is 12.6. The molecule has 40 heavy (non-hydrogen) atoms. The summed E-state index contributed by atoms with van der Waals surface area (Å²) in [5.74, 6) is 2.37. The lowest BCUT2D eigenvalue weighted by Gasteiger charge is -2.28. The summed E-state index contributed by atoms with van der Waals surface area (Å²) >= 11 is 0. The molecule has 0 spiro atoms. The van der Waals surface area contributed by atoms with Gasteiger partial charge in [0, 0.05) is 29.2 Å². The first-order chi connectivity index (χ1) is 19.3. The molecule has 2 aliphatic rings. The van der Waals surface area contributed by atoms with Crippen LogP contribution in [0.5, 0.6) is 11.5 Å². The van der Waals surface area contributed by atoms with Gasteiger partial charge < -0.3 is 15.2 Å². The van der Waals surface area contributed by atoms with Gasteiger partial charge in [-0.15, -0.1) is 0 Å². The monoisotopic (exact) mass is 539 g/mol. The molecule has 1 saturated carbocycles. The van der Waals surface area contributed by atoms with E-state index in [1.165, 1.54) is 44.9 Å². The molecule has 4 nitrogen and oxygen atoms in total. The summed E-state index contributed by atoms with van der Waals surface area (Å²) in [6, 6.07) is 22.1. The lowest BCUT2D eigenvalue weighted by molar-refractivity contribution is -0.116. The fraction of sp³-hybridized carbons (Fsp3) is 0.472. The summed E-state index contributed by atoms with van der Waals surface area (Å²) in [7, 11) is 0. The zero-order valence-electron chi connectivity index (χ0n) is 24.4. The molecule has 0 radical (unpaired) electrons. The first kappa shape index (κ1) is 28.4. The van der Waals surface area contributed by atoms with Crippen LogP contribution in [0.15, 0.2) is 66.7 Å². The van der Waals surface area contributed by atoms with E-state index in [4.69, 9.17) is 4.74 Å². The fourth-order valence-corrected chi connectivity index (χ4v) is 6.55. The van der Waals surface area contributed by atoms with E-state index >= 15 is 0 Å². The van der Waals surface area contributed by atoms with Crippen molar-refractivity contribution in [3.63, 3.8) is 0 Å². The largest absolute Gasteiger partial charge is 0.457 e. The van der Waals surface area contributed by atoms with Crippen molar-refractivity contribution >= 4 is 11.6 Å². The highest BCUT2D eigenvalue weighted by molar-refractivity contribution is 5.93. The van der Waals surface area contributed by atoms with Gasteiger partial charge in [0.1, 0.15) is 11.5 Å². The van der Waals surface area contributed by atoms with Gasteiger partial charge in [-0.25, -0.2) is 0 Å². The molecule has 1 unspecified atom stereocenters. The average Bonchev–Trinajstić information content (AvgIpc) is 2.95. The van der Waals surface area contributed by atoms with E-state index in [1.807, 2.05) is 48.5 Å². The number of hydrogen-bond donors (Lipinski definition) is 2. The quantitative estimate of drug-likeness (QED) is 0.266. The summed E-state index contributed by atoms with van der Waals surface area (Å²) in [5.41, 5.74) is 4.66. The molecule has 5 rings (SSSR count). The van der Waals surface area contributed by atoms with Gasteiger partial charge >= 0.3 is 0 Å². The fourth-order valence-electron chi connectivity index (χ4n) is 6.55. The van der Waals surface area contributed by atoms with E-state index in [-0.39, 0.29) is 17.2 Å². The first-order valence-electron chi connectivity index (χ1n) is 15.3. The van der Waals surface area contributed by atoms with Crippen molar-refractivity contribution in [1.82, 2.24) is 0 Å². The Labute approximate surface area is 240 Å². The van der Waals surface area contributed by atoms with Crippen LogP contribution >= 0.6 is 0 Å². The maximum Gasteiger partial charge on any atom is 0.225 e. The van der Waals surface area contributed by atoms with Crippen molar-refractivity contribution in [1.29, 1.82) is 0 Å². The van der Waals surface area contributed by atoms with Crippen LogP contribution in [0, 0.1) is 5.92 Å². The molecule has 0 bridgehead atoms. The number of benzene rings is 3. The van der Waals surface area contributed by atoms with Crippen LogP contribution in [0.2, 0.25) is 0 Å². The van der Waals surface area contributed by atoms with Crippen LogP contribution in [0.3, 0.4) is 0 Å². The molecule has 2 N–H and O–H groups in total. The van der Waals surface area contributed by atoms with E-state index in [1.54, 1.807) is 0 Å². The molecule has 1 atom stereocenters. The molecule has 3 aromatic carbocycles. The normalized spacial score (nSPS) is 16.5. The Morgan fingerprint density at radius 3 is 2.23 bits per heavy atom. The molecule has 1 aliphatic heterocycles. The standard InChI is InChI=1S/C36H45NO3/c1-36(2,3)30-22-21-26(32(38)18-10-7-15-25-13-5-4-6-14-25)23-31(30)37-35(39)24-29-27-16-8-11-19-33(27)40-34-20-12-9-17-28(29)34/h8-9,11-12,16-17,19-23,25,29,32,38H,4-7,10,13-15,18,24H2,1-3H3,(H,37,39). The average molecular weight is 540 g/mol. The zero-order chi connectivity index (χ0) is 28.1. The number of aliphatic hydroxyl groups excluding tert-OH is 1. The van der Waals surface area contributed by atoms with Gasteiger partial charge in [0.2, 0.25) is 5.91 Å². The van der Waals surface area contributed by atoms with E-state index in [0.29, 0.717) is 6.42 Å². The molecule has 0 aromatic heterocycles. The van der Waals surface area contributed by atoms with Gasteiger partial charge in [0.25, 0.3) is 0 Å². The molecule has 1 fully saturated rings. The number of unbranched alkanes of at least 4 members (excludes halogenated alkanes) is 1. The molecule has 4 heteroatoms. The Morgan fingerprint density at radius 1 is 0.925 bits per heavy atom. The number of hydrogen-bond acceptors (Lipinski definition) is 3. The molecule has 0 saturated heterocycles. The Balaban J connectivity index is 1.29. The predicted octanol–water partition coefficient (Wildman–Crippen LogP) is 9.42. The number of rotatable bonds is 9. The van der Waals surface area contributed by atoms with Crippen molar-refractivity contribution in [3.8, 4) is 11.5 Å². The Morgan fingerprint density at radius 2 is 1.57 bits per heavy atom. The molecule has 1 heterocycles. The summed E-state index contributed by atoms with van der Waals surface area (Å²) in [4.78, 5) is 13.6. The Bertz CT molecular complexity index is 1260. The lowest BCUT2D eigenvalue weighted by atomic mass is 9.83. The first-order valence-corrected chi connectivity index (χ1v) is 15.3. The third kappa shape index (κ3) is 6.78. The maximum absolute atomic E-state index is 13.6. The second-order valence-electron chi connectivity index (χ2n) is 12.8. The number of anilines is 1. The number of nitrogens with one attached hydrogen (secondary N) is 1. The number of carbonyl (C=O) groups is 1. The molecular weight excluding hydrogens is 494 g/mol. The zero-order valence-corrected chi connectivity index (χ0v) is 24.4. The maximum atomic E-state index is 13.6. The third-order valence-corrected chi connectivity index (χ3v) is 8.77. The summed E-state index contributed by atoms with van der Waals surface area (Å²) in [5, 5.41) is 14.3. The van der Waals surface area contributed by atoms with Gasteiger partial charge in [-0.3, -0.25) is 4.79 Å². The van der Waals surface area contributed by atoms with Crippen molar-refractivity contribution in [2.45, 2.75) is 102 Å². The number of fused-ring (bicyclic) bond motifs is 2.